The standard InChI is InChI=1S/C13H21N3O2/c17-12(11-7-3-1-4-8-11)14-15-13(18)16-9-5-2-6-10-16/h11H,1-10H2/b15-14-. The Morgan fingerprint density at radius 1 is 0.833 bits per heavy atom. The lowest BCUT2D eigenvalue weighted by Crippen LogP contribution is -2.33. The van der Waals surface area contributed by atoms with E-state index in [1.807, 2.05) is 0 Å². The van der Waals surface area contributed by atoms with Crippen LogP contribution in [0.3, 0.4) is 0 Å². The minimum Gasteiger partial charge on any atom is -0.322 e. The Morgan fingerprint density at radius 3 is 2.11 bits per heavy atom. The van der Waals surface area contributed by atoms with Crippen LogP contribution in [0.4, 0.5) is 4.79 Å². The van der Waals surface area contributed by atoms with Crippen LogP contribution < -0.4 is 0 Å². The van der Waals surface area contributed by atoms with Crippen LogP contribution in [-0.4, -0.2) is 29.9 Å². The lowest BCUT2D eigenvalue weighted by molar-refractivity contribution is -0.123. The normalized spacial score (nSPS) is 22.3. The number of amides is 3. The second kappa shape index (κ2) is 6.61. The number of hydrogen-bond acceptors (Lipinski definition) is 2. The summed E-state index contributed by atoms with van der Waals surface area (Å²) in [6, 6.07) is -0.348. The number of carbonyl (C=O) groups excluding carboxylic acids is 2. The van der Waals surface area contributed by atoms with Crippen molar-refractivity contribution in [1.29, 1.82) is 0 Å². The third-order valence-corrected chi connectivity index (χ3v) is 3.82. The van der Waals surface area contributed by atoms with Crippen LogP contribution in [0, 0.1) is 5.92 Å². The van der Waals surface area contributed by atoms with E-state index in [-0.39, 0.29) is 17.9 Å². The quantitative estimate of drug-likeness (QED) is 0.672. The maximum absolute atomic E-state index is 11.8. The molecule has 0 N–H and O–H groups in total. The van der Waals surface area contributed by atoms with E-state index in [9.17, 15) is 9.59 Å². The highest BCUT2D eigenvalue weighted by Crippen LogP contribution is 2.24. The van der Waals surface area contributed by atoms with E-state index in [0.717, 1.165) is 51.6 Å². The fraction of sp³-hybridized carbons (Fsp3) is 0.846. The minimum atomic E-state index is -0.348. The molecule has 1 aliphatic heterocycles. The third kappa shape index (κ3) is 3.62. The topological polar surface area (TPSA) is 62.1 Å². The van der Waals surface area contributed by atoms with Gasteiger partial charge in [-0.3, -0.25) is 4.79 Å². The zero-order chi connectivity index (χ0) is 12.8. The van der Waals surface area contributed by atoms with E-state index in [0.29, 0.717) is 0 Å². The van der Waals surface area contributed by atoms with Gasteiger partial charge in [-0.2, -0.15) is 0 Å². The van der Waals surface area contributed by atoms with Crippen LogP contribution in [0.15, 0.2) is 10.2 Å². The maximum Gasteiger partial charge on any atom is 0.362 e. The molecule has 0 aromatic heterocycles. The molecule has 2 aliphatic rings. The van der Waals surface area contributed by atoms with Crippen LogP contribution in [-0.2, 0) is 4.79 Å². The largest absolute Gasteiger partial charge is 0.362 e. The first kappa shape index (κ1) is 13.2. The molecule has 100 valence electrons. The van der Waals surface area contributed by atoms with Gasteiger partial charge in [0, 0.05) is 19.0 Å². The van der Waals surface area contributed by atoms with Gasteiger partial charge in [-0.25, -0.2) is 4.79 Å². The van der Waals surface area contributed by atoms with Gasteiger partial charge in [-0.15, -0.1) is 5.11 Å². The summed E-state index contributed by atoms with van der Waals surface area (Å²) >= 11 is 0. The summed E-state index contributed by atoms with van der Waals surface area (Å²) in [5.41, 5.74) is 0. The van der Waals surface area contributed by atoms with Crippen molar-refractivity contribution in [3.05, 3.63) is 0 Å². The smallest absolute Gasteiger partial charge is 0.322 e. The molecule has 5 heteroatoms. The Bertz CT molecular complexity index is 297. The number of likely N-dealkylation sites (tertiary alicyclic amines) is 1. The first-order valence-corrected chi connectivity index (χ1v) is 7.02. The van der Waals surface area contributed by atoms with Gasteiger partial charge in [0.05, 0.1) is 0 Å². The molecule has 18 heavy (non-hydrogen) atoms. The predicted octanol–water partition coefficient (Wildman–Crippen LogP) is 3.15. The van der Waals surface area contributed by atoms with E-state index < -0.39 is 0 Å². The van der Waals surface area contributed by atoms with Gasteiger partial charge in [0.1, 0.15) is 0 Å². The molecular weight excluding hydrogens is 230 g/mol. The van der Waals surface area contributed by atoms with Gasteiger partial charge >= 0.3 is 6.03 Å². The van der Waals surface area contributed by atoms with Crippen molar-refractivity contribution in [2.75, 3.05) is 13.1 Å². The molecule has 0 spiro atoms. The molecule has 1 aliphatic carbocycles. The summed E-state index contributed by atoms with van der Waals surface area (Å²) in [6.07, 6.45) is 8.40. The molecule has 5 nitrogen and oxygen atoms in total. The summed E-state index contributed by atoms with van der Waals surface area (Å²) in [7, 11) is 0. The second-order valence-corrected chi connectivity index (χ2v) is 5.20. The van der Waals surface area contributed by atoms with Crippen LogP contribution in [0.1, 0.15) is 51.4 Å². The van der Waals surface area contributed by atoms with Crippen molar-refractivity contribution in [1.82, 2.24) is 4.90 Å². The molecule has 1 heterocycles. The molecular formula is C13H21N3O2. The van der Waals surface area contributed by atoms with Crippen molar-refractivity contribution in [3.63, 3.8) is 0 Å². The van der Waals surface area contributed by atoms with Gasteiger partial charge in [-0.05, 0) is 32.1 Å². The number of nitrogens with zero attached hydrogens (tertiary/aromatic N) is 3. The number of rotatable bonds is 1. The Hall–Kier alpha value is -1.26. The molecule has 0 atom stereocenters. The van der Waals surface area contributed by atoms with Crippen molar-refractivity contribution in [2.24, 2.45) is 16.1 Å². The van der Waals surface area contributed by atoms with Gasteiger partial charge in [0.25, 0.3) is 5.91 Å². The third-order valence-electron chi connectivity index (χ3n) is 3.82. The van der Waals surface area contributed by atoms with E-state index in [4.69, 9.17) is 0 Å². The van der Waals surface area contributed by atoms with Crippen molar-refractivity contribution < 1.29 is 9.59 Å². The Morgan fingerprint density at radius 2 is 1.44 bits per heavy atom. The van der Waals surface area contributed by atoms with E-state index in [1.165, 1.54) is 12.8 Å². The minimum absolute atomic E-state index is 0.00310. The molecule has 1 saturated heterocycles. The van der Waals surface area contributed by atoms with E-state index >= 15 is 0 Å². The molecule has 0 radical (unpaired) electrons. The lowest BCUT2D eigenvalue weighted by atomic mass is 9.89. The van der Waals surface area contributed by atoms with Crippen LogP contribution in [0.25, 0.3) is 0 Å². The highest BCUT2D eigenvalue weighted by Gasteiger charge is 2.22. The number of carbonyl (C=O) groups is 2. The maximum atomic E-state index is 11.8. The molecule has 1 saturated carbocycles. The first-order chi connectivity index (χ1) is 8.77. The highest BCUT2D eigenvalue weighted by molar-refractivity contribution is 5.82. The van der Waals surface area contributed by atoms with Gasteiger partial charge in [0.15, 0.2) is 0 Å². The van der Waals surface area contributed by atoms with Crippen molar-refractivity contribution in [2.45, 2.75) is 51.4 Å². The fourth-order valence-electron chi connectivity index (χ4n) is 2.67. The molecule has 0 unspecified atom stereocenters. The number of hydrogen-bond donors (Lipinski definition) is 0. The van der Waals surface area contributed by atoms with Crippen LogP contribution in [0.5, 0.6) is 0 Å². The van der Waals surface area contributed by atoms with Gasteiger partial charge in [-0.1, -0.05) is 24.4 Å². The average molecular weight is 251 g/mol. The summed E-state index contributed by atoms with van der Waals surface area (Å²) in [5.74, 6) is -0.211. The Balaban J connectivity index is 1.81. The zero-order valence-corrected chi connectivity index (χ0v) is 10.8. The molecule has 0 aromatic carbocycles. The van der Waals surface area contributed by atoms with Gasteiger partial charge in [0.2, 0.25) is 0 Å². The highest BCUT2D eigenvalue weighted by atomic mass is 16.2. The zero-order valence-electron chi connectivity index (χ0n) is 10.8. The number of urea groups is 1. The number of piperidine rings is 1. The summed E-state index contributed by atoms with van der Waals surface area (Å²) in [6.45, 7) is 1.49. The van der Waals surface area contributed by atoms with E-state index in [2.05, 4.69) is 10.2 Å². The predicted molar refractivity (Wildman–Crippen MR) is 67.3 cm³/mol. The second-order valence-electron chi connectivity index (χ2n) is 5.20. The molecule has 2 fully saturated rings. The van der Waals surface area contributed by atoms with E-state index in [1.54, 1.807) is 4.90 Å². The van der Waals surface area contributed by atoms with Crippen molar-refractivity contribution >= 4 is 11.9 Å². The first-order valence-electron chi connectivity index (χ1n) is 7.02. The SMILES string of the molecule is O=C(/N=N\C(=O)N1CCCCC1)C1CCCCC1. The molecule has 2 rings (SSSR count). The lowest BCUT2D eigenvalue weighted by Gasteiger charge is -2.24. The average Bonchev–Trinajstić information content (AvgIpc) is 2.46. The van der Waals surface area contributed by atoms with Crippen LogP contribution >= 0.6 is 0 Å². The summed E-state index contributed by atoms with van der Waals surface area (Å²) < 4.78 is 0. The Kier molecular flexibility index (Phi) is 4.84. The Labute approximate surface area is 108 Å². The molecule has 0 aromatic rings. The van der Waals surface area contributed by atoms with Crippen molar-refractivity contribution in [3.8, 4) is 0 Å². The summed E-state index contributed by atoms with van der Waals surface area (Å²) in [5, 5.41) is 7.20. The monoisotopic (exact) mass is 251 g/mol. The van der Waals surface area contributed by atoms with Crippen LogP contribution in [0.2, 0.25) is 0 Å². The fourth-order valence-corrected chi connectivity index (χ4v) is 2.67. The summed E-state index contributed by atoms with van der Waals surface area (Å²) in [4.78, 5) is 25.1. The van der Waals surface area contributed by atoms with Gasteiger partial charge < -0.3 is 4.90 Å². The molecule has 0 bridgehead atoms. The number of azo groups is 1. The molecule has 3 amide bonds.